The Morgan fingerprint density at radius 2 is 2.04 bits per heavy atom. The van der Waals surface area contributed by atoms with Crippen LogP contribution in [0.2, 0.25) is 0 Å². The monoisotopic (exact) mass is 371 g/mol. The molecule has 1 aliphatic carbocycles. The molecule has 2 fully saturated rings. The van der Waals surface area contributed by atoms with E-state index in [-0.39, 0.29) is 23.9 Å². The number of cyclic esters (lactones) is 1. The molecular weight excluding hydrogens is 338 g/mol. The molecule has 0 bridgehead atoms. The van der Waals surface area contributed by atoms with E-state index in [4.69, 9.17) is 9.47 Å². The van der Waals surface area contributed by atoms with Crippen molar-refractivity contribution in [3.8, 4) is 0 Å². The number of benzene rings is 1. The Kier molecular flexibility index (Phi) is 4.96. The maximum atomic E-state index is 12.8. The number of hydrogen-bond acceptors (Lipinski definition) is 4. The van der Waals surface area contributed by atoms with Gasteiger partial charge in [0.05, 0.1) is 17.9 Å². The van der Waals surface area contributed by atoms with Crippen LogP contribution in [0.3, 0.4) is 0 Å². The van der Waals surface area contributed by atoms with Crippen LogP contribution in [0.15, 0.2) is 18.2 Å². The summed E-state index contributed by atoms with van der Waals surface area (Å²) in [6.07, 6.45) is 3.32. The van der Waals surface area contributed by atoms with E-state index in [1.54, 1.807) is 0 Å². The molecule has 0 amide bonds. The molecule has 6 atom stereocenters. The van der Waals surface area contributed by atoms with Crippen molar-refractivity contribution < 1.29 is 14.3 Å². The van der Waals surface area contributed by atoms with Gasteiger partial charge in [-0.25, -0.2) is 0 Å². The zero-order valence-electron chi connectivity index (χ0n) is 17.3. The summed E-state index contributed by atoms with van der Waals surface area (Å²) >= 11 is 0. The fourth-order valence-corrected chi connectivity index (χ4v) is 5.41. The molecule has 4 nitrogen and oxygen atoms in total. The second-order valence-corrected chi connectivity index (χ2v) is 9.39. The lowest BCUT2D eigenvalue weighted by atomic mass is 9.75. The van der Waals surface area contributed by atoms with Crippen LogP contribution in [0.1, 0.15) is 57.1 Å². The third-order valence-electron chi connectivity index (χ3n) is 6.95. The predicted octanol–water partition coefficient (Wildman–Crippen LogP) is 4.50. The van der Waals surface area contributed by atoms with Gasteiger partial charge in [-0.15, -0.1) is 0 Å². The van der Waals surface area contributed by atoms with Crippen LogP contribution >= 0.6 is 0 Å². The van der Waals surface area contributed by atoms with Crippen LogP contribution in [0.4, 0.5) is 5.69 Å². The number of hydrogen-bond donors (Lipinski definition) is 0. The van der Waals surface area contributed by atoms with Crippen LogP contribution < -0.4 is 4.90 Å². The molecule has 0 spiro atoms. The summed E-state index contributed by atoms with van der Waals surface area (Å²) in [5.74, 6) is 1.58. The molecule has 1 aromatic carbocycles. The molecule has 4 heteroatoms. The first-order valence-electron chi connectivity index (χ1n) is 10.5. The lowest BCUT2D eigenvalue weighted by Crippen LogP contribution is -2.43. The molecule has 0 unspecified atom stereocenters. The van der Waals surface area contributed by atoms with Crippen molar-refractivity contribution in [2.24, 2.45) is 23.7 Å². The van der Waals surface area contributed by atoms with Crippen LogP contribution in [0.25, 0.3) is 0 Å². The van der Waals surface area contributed by atoms with Gasteiger partial charge < -0.3 is 14.4 Å². The molecule has 4 rings (SSSR count). The number of ether oxygens (including phenoxy) is 2. The molecular formula is C23H33NO3. The van der Waals surface area contributed by atoms with Gasteiger partial charge in [0, 0.05) is 19.3 Å². The normalized spacial score (nSPS) is 35.8. The standard InChI is InChI=1S/C23H33NO3/c1-13(2)16-8-6-15(4)11-20(16)26-23-18-12-24(5)19-9-7-14(3)10-17(19)21(18)22(25)27-23/h7,9-10,13,15-16,18,20-21,23H,6,8,11-12H2,1-5H3/t15-,16+,18-,20-,21+,23-/m1/s1. The predicted molar refractivity (Wildman–Crippen MR) is 107 cm³/mol. The zero-order chi connectivity index (χ0) is 19.3. The van der Waals surface area contributed by atoms with E-state index in [2.05, 4.69) is 57.8 Å². The van der Waals surface area contributed by atoms with E-state index in [9.17, 15) is 4.79 Å². The molecule has 1 aromatic rings. The fourth-order valence-electron chi connectivity index (χ4n) is 5.41. The second-order valence-electron chi connectivity index (χ2n) is 9.39. The van der Waals surface area contributed by atoms with E-state index in [1.807, 2.05) is 0 Å². The Balaban J connectivity index is 1.59. The van der Waals surface area contributed by atoms with Gasteiger partial charge in [0.25, 0.3) is 0 Å². The highest BCUT2D eigenvalue weighted by molar-refractivity contribution is 5.84. The lowest BCUT2D eigenvalue weighted by Gasteiger charge is -2.40. The van der Waals surface area contributed by atoms with Crippen molar-refractivity contribution in [3.05, 3.63) is 29.3 Å². The quantitative estimate of drug-likeness (QED) is 0.733. The number of carbonyl (C=O) groups is 1. The topological polar surface area (TPSA) is 38.8 Å². The van der Waals surface area contributed by atoms with Gasteiger partial charge in [-0.05, 0) is 49.1 Å². The van der Waals surface area contributed by atoms with Gasteiger partial charge in [-0.1, -0.05) is 44.9 Å². The number of anilines is 1. The highest BCUT2D eigenvalue weighted by Gasteiger charge is 2.51. The number of fused-ring (bicyclic) bond motifs is 3. The van der Waals surface area contributed by atoms with Crippen LogP contribution in [-0.2, 0) is 14.3 Å². The first-order valence-corrected chi connectivity index (χ1v) is 10.5. The maximum absolute atomic E-state index is 12.8. The van der Waals surface area contributed by atoms with Gasteiger partial charge in [-0.3, -0.25) is 4.79 Å². The number of aryl methyl sites for hydroxylation is 1. The summed E-state index contributed by atoms with van der Waals surface area (Å²) in [7, 11) is 2.10. The number of rotatable bonds is 3. The highest BCUT2D eigenvalue weighted by atomic mass is 16.7. The van der Waals surface area contributed by atoms with E-state index >= 15 is 0 Å². The molecule has 3 aliphatic rings. The third kappa shape index (κ3) is 3.37. The molecule has 0 aromatic heterocycles. The Hall–Kier alpha value is -1.55. The maximum Gasteiger partial charge on any atom is 0.316 e. The van der Waals surface area contributed by atoms with E-state index < -0.39 is 6.29 Å². The average molecular weight is 372 g/mol. The number of nitrogens with zero attached hydrogens (tertiary/aromatic N) is 1. The van der Waals surface area contributed by atoms with E-state index in [0.717, 1.165) is 24.2 Å². The molecule has 2 heterocycles. The molecule has 148 valence electrons. The Morgan fingerprint density at radius 3 is 2.78 bits per heavy atom. The largest absolute Gasteiger partial charge is 0.435 e. The average Bonchev–Trinajstić information content (AvgIpc) is 2.90. The van der Waals surface area contributed by atoms with Crippen LogP contribution in [-0.4, -0.2) is 32.0 Å². The fraction of sp³-hybridized carbons (Fsp3) is 0.696. The Bertz CT molecular complexity index is 716. The smallest absolute Gasteiger partial charge is 0.316 e. The summed E-state index contributed by atoms with van der Waals surface area (Å²) in [6, 6.07) is 6.38. The summed E-state index contributed by atoms with van der Waals surface area (Å²) in [5.41, 5.74) is 3.43. The molecule has 27 heavy (non-hydrogen) atoms. The van der Waals surface area contributed by atoms with Crippen molar-refractivity contribution >= 4 is 11.7 Å². The van der Waals surface area contributed by atoms with E-state index in [1.165, 1.54) is 18.4 Å². The minimum absolute atomic E-state index is 0.0712. The molecule has 2 aliphatic heterocycles. The summed E-state index contributed by atoms with van der Waals surface area (Å²) in [5, 5.41) is 0. The SMILES string of the molecule is Cc1ccc2c(c1)[C@@H]1C(=O)O[C@@H](O[C@@H]3C[C@H](C)CC[C@H]3C(C)C)[C@@H]1CN2C. The van der Waals surface area contributed by atoms with Crippen molar-refractivity contribution in [2.45, 2.75) is 65.3 Å². The van der Waals surface area contributed by atoms with Crippen LogP contribution in [0.5, 0.6) is 0 Å². The first-order chi connectivity index (χ1) is 12.8. The molecule has 1 saturated carbocycles. The van der Waals surface area contributed by atoms with Gasteiger partial charge in [0.2, 0.25) is 6.29 Å². The Morgan fingerprint density at radius 1 is 1.26 bits per heavy atom. The summed E-state index contributed by atoms with van der Waals surface area (Å²) in [6.45, 7) is 9.76. The number of esters is 1. The highest BCUT2D eigenvalue weighted by Crippen LogP contribution is 2.47. The van der Waals surface area contributed by atoms with Crippen molar-refractivity contribution in [1.29, 1.82) is 0 Å². The second kappa shape index (κ2) is 7.12. The molecule has 0 N–H and O–H groups in total. The Labute approximate surface area is 163 Å². The minimum atomic E-state index is -0.421. The van der Waals surface area contributed by atoms with Crippen molar-refractivity contribution in [3.63, 3.8) is 0 Å². The summed E-state index contributed by atoms with van der Waals surface area (Å²) < 4.78 is 12.4. The summed E-state index contributed by atoms with van der Waals surface area (Å²) in [4.78, 5) is 15.0. The number of carbonyl (C=O) groups excluding carboxylic acids is 1. The van der Waals surface area contributed by atoms with Crippen molar-refractivity contribution in [1.82, 2.24) is 0 Å². The zero-order valence-corrected chi connectivity index (χ0v) is 17.3. The minimum Gasteiger partial charge on any atom is -0.435 e. The molecule has 0 radical (unpaired) electrons. The van der Waals surface area contributed by atoms with Crippen LogP contribution in [0, 0.1) is 30.6 Å². The van der Waals surface area contributed by atoms with Gasteiger partial charge in [0.1, 0.15) is 0 Å². The lowest BCUT2D eigenvalue weighted by molar-refractivity contribution is -0.195. The molecule has 1 saturated heterocycles. The van der Waals surface area contributed by atoms with Gasteiger partial charge in [-0.2, -0.15) is 0 Å². The van der Waals surface area contributed by atoms with Gasteiger partial charge in [0.15, 0.2) is 0 Å². The third-order valence-corrected chi connectivity index (χ3v) is 6.95. The van der Waals surface area contributed by atoms with Gasteiger partial charge >= 0.3 is 5.97 Å². The first kappa shape index (κ1) is 18.8. The van der Waals surface area contributed by atoms with Crippen molar-refractivity contribution in [2.75, 3.05) is 18.5 Å². The van der Waals surface area contributed by atoms with E-state index in [0.29, 0.717) is 17.8 Å².